The Balaban J connectivity index is 1.07. The number of hydrogen-bond acceptors (Lipinski definition) is 5. The van der Waals surface area contributed by atoms with Gasteiger partial charge in [-0.15, -0.1) is 0 Å². The topological polar surface area (TPSA) is 63.0 Å². The van der Waals surface area contributed by atoms with E-state index in [1.54, 1.807) is 0 Å². The molecule has 3 heterocycles. The maximum absolute atomic E-state index is 6.64. The Kier molecular flexibility index (Phi) is 6.25. The van der Waals surface area contributed by atoms with E-state index < -0.39 is 6.17 Å². The molecule has 0 saturated carbocycles. The van der Waals surface area contributed by atoms with E-state index in [0.29, 0.717) is 11.7 Å². The van der Waals surface area contributed by atoms with E-state index in [9.17, 15) is 0 Å². The molecule has 1 N–H and O–H groups in total. The molecule has 0 aliphatic carbocycles. The monoisotopic (exact) mass is 667 g/mol. The first-order chi connectivity index (χ1) is 25.8. The molecular weight excluding hydrogens is 639 g/mol. The molecule has 244 valence electrons. The summed E-state index contributed by atoms with van der Waals surface area (Å²) in [5.41, 5.74) is 8.43. The number of rotatable bonds is 4. The number of benzene rings is 8. The van der Waals surface area contributed by atoms with Gasteiger partial charge in [-0.25, -0.2) is 9.98 Å². The normalized spacial score (nSPS) is 14.7. The van der Waals surface area contributed by atoms with Gasteiger partial charge in [-0.05, 0) is 69.1 Å². The molecule has 1 aliphatic rings. The lowest BCUT2D eigenvalue weighted by Gasteiger charge is -2.24. The van der Waals surface area contributed by atoms with Gasteiger partial charge in [0.2, 0.25) is 0 Å². The molecule has 8 aromatic carbocycles. The van der Waals surface area contributed by atoms with Crippen LogP contribution in [-0.4, -0.2) is 11.7 Å². The number of nitrogens with zero attached hydrogens (tertiary/aromatic N) is 2. The Morgan fingerprint density at radius 3 is 2.10 bits per heavy atom. The summed E-state index contributed by atoms with van der Waals surface area (Å²) >= 11 is 0. The van der Waals surface area contributed by atoms with E-state index >= 15 is 0 Å². The van der Waals surface area contributed by atoms with Gasteiger partial charge in [0.1, 0.15) is 34.3 Å². The second kappa shape index (κ2) is 11.3. The number of hydrogen-bond donors (Lipinski definition) is 1. The van der Waals surface area contributed by atoms with Gasteiger partial charge in [0.05, 0.1) is 5.56 Å². The Morgan fingerprint density at radius 2 is 1.19 bits per heavy atom. The van der Waals surface area contributed by atoms with Crippen molar-refractivity contribution in [2.75, 3.05) is 0 Å². The van der Waals surface area contributed by atoms with E-state index in [0.717, 1.165) is 66.1 Å². The van der Waals surface area contributed by atoms with Crippen molar-refractivity contribution in [3.05, 3.63) is 180 Å². The molecule has 0 spiro atoms. The lowest BCUT2D eigenvalue weighted by Crippen LogP contribution is -2.33. The Hall–Kier alpha value is -6.98. The maximum atomic E-state index is 6.64. The lowest BCUT2D eigenvalue weighted by molar-refractivity contribution is 0.657. The van der Waals surface area contributed by atoms with Crippen molar-refractivity contribution < 1.29 is 8.83 Å². The van der Waals surface area contributed by atoms with E-state index in [1.165, 1.54) is 27.1 Å². The molecule has 52 heavy (non-hydrogen) atoms. The van der Waals surface area contributed by atoms with Crippen LogP contribution >= 0.6 is 0 Å². The fraction of sp³-hybridized carbons (Fsp3) is 0.0213. The largest absolute Gasteiger partial charge is 0.456 e. The summed E-state index contributed by atoms with van der Waals surface area (Å²) in [7, 11) is 0. The molecule has 0 saturated heterocycles. The number of fused-ring (bicyclic) bond motifs is 9. The minimum atomic E-state index is -0.434. The van der Waals surface area contributed by atoms with Gasteiger partial charge in [0, 0.05) is 32.7 Å². The van der Waals surface area contributed by atoms with Gasteiger partial charge in [0.15, 0.2) is 5.84 Å². The van der Waals surface area contributed by atoms with Crippen molar-refractivity contribution >= 4 is 77.1 Å². The van der Waals surface area contributed by atoms with Crippen LogP contribution in [0.3, 0.4) is 0 Å². The van der Waals surface area contributed by atoms with E-state index in [-0.39, 0.29) is 0 Å². The van der Waals surface area contributed by atoms with Crippen molar-refractivity contribution in [1.29, 1.82) is 0 Å². The van der Waals surface area contributed by atoms with E-state index in [1.807, 2.05) is 48.5 Å². The van der Waals surface area contributed by atoms with Crippen LogP contribution in [0.15, 0.2) is 183 Å². The summed E-state index contributed by atoms with van der Waals surface area (Å²) in [6.07, 6.45) is -0.434. The van der Waals surface area contributed by atoms with Crippen molar-refractivity contribution in [3.63, 3.8) is 0 Å². The van der Waals surface area contributed by atoms with Crippen LogP contribution in [0, 0.1) is 0 Å². The molecule has 0 bridgehead atoms. The molecule has 2 aromatic heterocycles. The summed E-state index contributed by atoms with van der Waals surface area (Å²) in [5.74, 6) is 1.36. The standard InChI is InChI=1S/C47H29N3O2/c1-2-12-28(13-3-1)45-48-46(50-47(49-45)38-21-10-19-35-34-18-8-9-22-40(34)52-44(35)38)37-20-11-23-41-43(37)36-25-24-30(27-42(36)51-41)39-26-29-14-4-5-15-31(29)32-16-6-7-17-33(32)39/h1-27,46H,(H,48,49,50). The Bertz CT molecular complexity index is 3110. The average molecular weight is 668 g/mol. The maximum Gasteiger partial charge on any atom is 0.159 e. The number of amidine groups is 2. The van der Waals surface area contributed by atoms with Gasteiger partial charge in [-0.2, -0.15) is 0 Å². The molecule has 5 heteroatoms. The van der Waals surface area contributed by atoms with Crippen molar-refractivity contribution in [3.8, 4) is 11.1 Å². The van der Waals surface area contributed by atoms with Crippen LogP contribution in [0.1, 0.15) is 22.9 Å². The van der Waals surface area contributed by atoms with Gasteiger partial charge in [0.25, 0.3) is 0 Å². The van der Waals surface area contributed by atoms with Crippen molar-refractivity contribution in [2.45, 2.75) is 6.17 Å². The van der Waals surface area contributed by atoms with Crippen LogP contribution in [0.5, 0.6) is 0 Å². The molecule has 1 unspecified atom stereocenters. The van der Waals surface area contributed by atoms with Gasteiger partial charge < -0.3 is 14.2 Å². The summed E-state index contributed by atoms with van der Waals surface area (Å²) < 4.78 is 13.1. The minimum absolute atomic E-state index is 0.434. The van der Waals surface area contributed by atoms with Crippen LogP contribution in [0.4, 0.5) is 0 Å². The quantitative estimate of drug-likeness (QED) is 0.190. The fourth-order valence-corrected chi connectivity index (χ4v) is 7.94. The SMILES string of the molecule is c1ccc(C2=NC(c3cccc4oc5cc(-c6cc7ccccc7c7ccccc67)ccc5c34)NC(c3cccc4c3oc3ccccc34)=N2)cc1. The molecule has 1 atom stereocenters. The molecule has 0 radical (unpaired) electrons. The molecule has 11 rings (SSSR count). The van der Waals surface area contributed by atoms with E-state index in [2.05, 4.69) is 121 Å². The highest BCUT2D eigenvalue weighted by atomic mass is 16.3. The van der Waals surface area contributed by atoms with Crippen LogP contribution in [0.2, 0.25) is 0 Å². The Labute approximate surface area is 298 Å². The predicted octanol–water partition coefficient (Wildman–Crippen LogP) is 12.0. The summed E-state index contributed by atoms with van der Waals surface area (Å²) in [6, 6.07) is 56.9. The smallest absolute Gasteiger partial charge is 0.159 e. The Morgan fingerprint density at radius 1 is 0.462 bits per heavy atom. The predicted molar refractivity (Wildman–Crippen MR) is 213 cm³/mol. The van der Waals surface area contributed by atoms with Gasteiger partial charge in [-0.1, -0.05) is 127 Å². The van der Waals surface area contributed by atoms with Crippen molar-refractivity contribution in [2.24, 2.45) is 9.98 Å². The zero-order valence-corrected chi connectivity index (χ0v) is 27.9. The average Bonchev–Trinajstić information content (AvgIpc) is 3.79. The summed E-state index contributed by atoms with van der Waals surface area (Å²) in [6.45, 7) is 0. The van der Waals surface area contributed by atoms with Crippen LogP contribution < -0.4 is 5.32 Å². The molecular formula is C47H29N3O2. The number of para-hydroxylation sites is 2. The highest BCUT2D eigenvalue weighted by Gasteiger charge is 2.26. The lowest BCUT2D eigenvalue weighted by atomic mass is 9.93. The second-order valence-corrected chi connectivity index (χ2v) is 13.3. The molecule has 5 nitrogen and oxygen atoms in total. The third-order valence-corrected chi connectivity index (χ3v) is 10.3. The third kappa shape index (κ3) is 4.42. The first kappa shape index (κ1) is 28.8. The van der Waals surface area contributed by atoms with Crippen LogP contribution in [-0.2, 0) is 0 Å². The second-order valence-electron chi connectivity index (χ2n) is 13.3. The van der Waals surface area contributed by atoms with E-state index in [4.69, 9.17) is 18.8 Å². The zero-order chi connectivity index (χ0) is 34.2. The molecule has 0 amide bonds. The minimum Gasteiger partial charge on any atom is -0.456 e. The fourth-order valence-electron chi connectivity index (χ4n) is 7.94. The van der Waals surface area contributed by atoms with Crippen molar-refractivity contribution in [1.82, 2.24) is 5.32 Å². The van der Waals surface area contributed by atoms with Crippen LogP contribution in [0.25, 0.3) is 76.5 Å². The number of nitrogens with one attached hydrogen (secondary N) is 1. The molecule has 10 aromatic rings. The molecule has 0 fully saturated rings. The summed E-state index contributed by atoms with van der Waals surface area (Å²) in [5, 5.41) is 12.8. The zero-order valence-electron chi connectivity index (χ0n) is 27.9. The third-order valence-electron chi connectivity index (χ3n) is 10.3. The number of furan rings is 2. The number of aliphatic imine (C=N–C) groups is 2. The first-order valence-corrected chi connectivity index (χ1v) is 17.5. The van der Waals surface area contributed by atoms with Gasteiger partial charge >= 0.3 is 0 Å². The van der Waals surface area contributed by atoms with Gasteiger partial charge in [-0.3, -0.25) is 0 Å². The highest BCUT2D eigenvalue weighted by Crippen LogP contribution is 2.40. The summed E-state index contributed by atoms with van der Waals surface area (Å²) in [4.78, 5) is 10.3. The molecule has 1 aliphatic heterocycles. The first-order valence-electron chi connectivity index (χ1n) is 17.5. The highest BCUT2D eigenvalue weighted by molar-refractivity contribution is 6.20.